The molecule has 0 saturated carbocycles. The average Bonchev–Trinajstić information content (AvgIpc) is 3.11. The minimum atomic E-state index is -0.746. The van der Waals surface area contributed by atoms with Crippen LogP contribution in [0.15, 0.2) is 23.3 Å². The lowest BCUT2D eigenvalue weighted by Gasteiger charge is -2.42. The van der Waals surface area contributed by atoms with Gasteiger partial charge < -0.3 is 9.64 Å². The zero-order valence-electron chi connectivity index (χ0n) is 17.2. The highest BCUT2D eigenvalue weighted by molar-refractivity contribution is 6.31. The molecule has 3 aliphatic rings. The van der Waals surface area contributed by atoms with Crippen molar-refractivity contribution in [3.8, 4) is 0 Å². The summed E-state index contributed by atoms with van der Waals surface area (Å²) in [6.45, 7) is 1.74. The molecule has 0 aromatic heterocycles. The van der Waals surface area contributed by atoms with E-state index in [4.69, 9.17) is 16.3 Å². The van der Waals surface area contributed by atoms with Crippen molar-refractivity contribution < 1.29 is 23.5 Å². The van der Waals surface area contributed by atoms with Crippen LogP contribution < -0.4 is 5.32 Å². The Labute approximate surface area is 183 Å². The first-order valence-electron chi connectivity index (χ1n) is 9.63. The second-order valence-corrected chi connectivity index (χ2v) is 8.04. The molecule has 1 aromatic rings. The van der Waals surface area contributed by atoms with Crippen LogP contribution in [0.4, 0.5) is 9.18 Å². The molecule has 1 aromatic carbocycles. The van der Waals surface area contributed by atoms with Crippen LogP contribution in [0.1, 0.15) is 12.5 Å². The van der Waals surface area contributed by atoms with Crippen molar-refractivity contribution >= 4 is 35.2 Å². The molecule has 2 saturated heterocycles. The van der Waals surface area contributed by atoms with Crippen LogP contribution >= 0.6 is 11.6 Å². The van der Waals surface area contributed by atoms with Crippen molar-refractivity contribution in [3.05, 3.63) is 34.6 Å². The summed E-state index contributed by atoms with van der Waals surface area (Å²) < 4.78 is 19.1. The number of likely N-dealkylation sites (N-methyl/N-ethyl adjacent to an activating group) is 1. The lowest BCUT2D eigenvalue weighted by Crippen LogP contribution is -2.66. The molecule has 0 bridgehead atoms. The van der Waals surface area contributed by atoms with Gasteiger partial charge in [0.1, 0.15) is 24.6 Å². The SMILES string of the molecule is COC(=O)CN1N=C(C)CN2C3C(=O)N(Cc4c(F)cccc4Cl)C(=O)N(C)C3NC12. The Morgan fingerprint density at radius 1 is 1.39 bits per heavy atom. The van der Waals surface area contributed by atoms with E-state index in [0.717, 1.165) is 4.90 Å². The fraction of sp³-hybridized carbons (Fsp3) is 0.474. The van der Waals surface area contributed by atoms with E-state index in [1.807, 2.05) is 4.90 Å². The number of esters is 1. The molecule has 3 aliphatic heterocycles. The van der Waals surface area contributed by atoms with E-state index in [-0.39, 0.29) is 23.7 Å². The molecule has 166 valence electrons. The van der Waals surface area contributed by atoms with Gasteiger partial charge in [-0.1, -0.05) is 17.7 Å². The summed E-state index contributed by atoms with van der Waals surface area (Å²) in [5.74, 6) is -1.55. The predicted molar refractivity (Wildman–Crippen MR) is 108 cm³/mol. The lowest BCUT2D eigenvalue weighted by molar-refractivity contribution is -0.144. The number of hydrazone groups is 1. The Morgan fingerprint density at radius 3 is 2.81 bits per heavy atom. The number of carbonyl (C=O) groups is 3. The maximum absolute atomic E-state index is 14.3. The summed E-state index contributed by atoms with van der Waals surface area (Å²) in [6.07, 6.45) is -1.23. The van der Waals surface area contributed by atoms with E-state index in [1.165, 1.54) is 35.2 Å². The van der Waals surface area contributed by atoms with E-state index in [0.29, 0.717) is 12.3 Å². The van der Waals surface area contributed by atoms with Gasteiger partial charge in [-0.05, 0) is 19.1 Å². The molecule has 10 nitrogen and oxygen atoms in total. The third-order valence-corrected chi connectivity index (χ3v) is 6.00. The summed E-state index contributed by atoms with van der Waals surface area (Å²) in [4.78, 5) is 42.4. The van der Waals surface area contributed by atoms with Crippen molar-refractivity contribution in [1.82, 2.24) is 25.0 Å². The number of halogens is 2. The Kier molecular flexibility index (Phi) is 5.58. The van der Waals surface area contributed by atoms with Gasteiger partial charge in [-0.3, -0.25) is 24.8 Å². The standard InChI is InChI=1S/C19H22ClFN6O4/c1-10-7-25-15-16(22-18(25)27(23-10)9-14(28)31-3)24(2)19(30)26(17(15)29)8-11-12(20)5-4-6-13(11)21/h4-6,15-16,18,22H,7-9H2,1-3H3. The van der Waals surface area contributed by atoms with Crippen molar-refractivity contribution in [2.75, 3.05) is 27.2 Å². The molecule has 0 aliphatic carbocycles. The van der Waals surface area contributed by atoms with Gasteiger partial charge in [0.2, 0.25) is 0 Å². The number of urea groups is 1. The number of nitrogens with zero attached hydrogens (tertiary/aromatic N) is 5. The van der Waals surface area contributed by atoms with Crippen LogP contribution in [0.25, 0.3) is 0 Å². The zero-order chi connectivity index (χ0) is 22.4. The van der Waals surface area contributed by atoms with Gasteiger partial charge in [-0.25, -0.2) is 14.1 Å². The minimum Gasteiger partial charge on any atom is -0.468 e. The number of hydrogen-bond acceptors (Lipinski definition) is 8. The van der Waals surface area contributed by atoms with Crippen molar-refractivity contribution in [3.63, 3.8) is 0 Å². The van der Waals surface area contributed by atoms with Gasteiger partial charge in [0.25, 0.3) is 5.91 Å². The summed E-state index contributed by atoms with van der Waals surface area (Å²) in [5.41, 5.74) is 0.766. The lowest BCUT2D eigenvalue weighted by atomic mass is 10.1. The van der Waals surface area contributed by atoms with E-state index in [9.17, 15) is 18.8 Å². The van der Waals surface area contributed by atoms with Gasteiger partial charge >= 0.3 is 12.0 Å². The van der Waals surface area contributed by atoms with Gasteiger partial charge in [0.15, 0.2) is 6.29 Å². The second-order valence-electron chi connectivity index (χ2n) is 7.63. The molecule has 1 N–H and O–H groups in total. The maximum atomic E-state index is 14.3. The second kappa shape index (κ2) is 8.06. The highest BCUT2D eigenvalue weighted by atomic mass is 35.5. The zero-order valence-corrected chi connectivity index (χ0v) is 18.0. The van der Waals surface area contributed by atoms with E-state index in [1.54, 1.807) is 14.0 Å². The molecule has 31 heavy (non-hydrogen) atoms. The number of imide groups is 1. The number of methoxy groups -OCH3 is 1. The predicted octanol–water partition coefficient (Wildman–Crippen LogP) is 0.621. The fourth-order valence-corrected chi connectivity index (χ4v) is 4.38. The molecule has 0 spiro atoms. The molecule has 4 rings (SSSR count). The number of nitrogens with one attached hydrogen (secondary N) is 1. The fourth-order valence-electron chi connectivity index (χ4n) is 4.15. The molecule has 12 heteroatoms. The molecule has 3 unspecified atom stereocenters. The van der Waals surface area contributed by atoms with Gasteiger partial charge in [-0.15, -0.1) is 0 Å². The Morgan fingerprint density at radius 2 is 2.13 bits per heavy atom. The smallest absolute Gasteiger partial charge is 0.328 e. The van der Waals surface area contributed by atoms with Crippen molar-refractivity contribution in [2.24, 2.45) is 5.10 Å². The first-order chi connectivity index (χ1) is 14.7. The largest absolute Gasteiger partial charge is 0.468 e. The average molecular weight is 453 g/mol. The third kappa shape index (κ3) is 3.62. The van der Waals surface area contributed by atoms with E-state index < -0.39 is 42.2 Å². The van der Waals surface area contributed by atoms with Crippen LogP contribution in [0.3, 0.4) is 0 Å². The molecular formula is C19H22ClFN6O4. The highest BCUT2D eigenvalue weighted by Crippen LogP contribution is 2.32. The highest BCUT2D eigenvalue weighted by Gasteiger charge is 2.56. The topological polar surface area (TPSA) is 97.8 Å². The van der Waals surface area contributed by atoms with Gasteiger partial charge in [0, 0.05) is 29.9 Å². The molecule has 0 radical (unpaired) electrons. The van der Waals surface area contributed by atoms with E-state index >= 15 is 0 Å². The summed E-state index contributed by atoms with van der Waals surface area (Å²) >= 11 is 6.11. The van der Waals surface area contributed by atoms with Crippen molar-refractivity contribution in [2.45, 2.75) is 32.0 Å². The van der Waals surface area contributed by atoms with Crippen LogP contribution in [-0.2, 0) is 20.9 Å². The Balaban J connectivity index is 1.64. The van der Waals surface area contributed by atoms with Crippen molar-refractivity contribution in [1.29, 1.82) is 0 Å². The number of amides is 3. The van der Waals surface area contributed by atoms with E-state index in [2.05, 4.69) is 10.4 Å². The number of benzene rings is 1. The van der Waals surface area contributed by atoms with Crippen LogP contribution in [0, 0.1) is 5.82 Å². The van der Waals surface area contributed by atoms with Gasteiger partial charge in [-0.2, -0.15) is 5.10 Å². The first-order valence-corrected chi connectivity index (χ1v) is 10.0. The molecule has 3 heterocycles. The molecular weight excluding hydrogens is 431 g/mol. The Bertz CT molecular complexity index is 954. The van der Waals surface area contributed by atoms with Crippen LogP contribution in [-0.4, -0.2) is 89.1 Å². The molecule has 2 fully saturated rings. The summed E-state index contributed by atoms with van der Waals surface area (Å²) in [6, 6.07) is 2.88. The van der Waals surface area contributed by atoms with Gasteiger partial charge in [0.05, 0.1) is 13.7 Å². The summed E-state index contributed by atoms with van der Waals surface area (Å²) in [7, 11) is 2.84. The first kappa shape index (κ1) is 21.5. The Hall–Kier alpha value is -2.76. The summed E-state index contributed by atoms with van der Waals surface area (Å²) in [5, 5.41) is 9.24. The number of rotatable bonds is 4. The quantitative estimate of drug-likeness (QED) is 0.669. The maximum Gasteiger partial charge on any atom is 0.328 e. The third-order valence-electron chi connectivity index (χ3n) is 5.65. The van der Waals surface area contributed by atoms with Crippen LogP contribution in [0.5, 0.6) is 0 Å². The number of carbonyl (C=O) groups excluding carboxylic acids is 3. The molecule has 3 amide bonds. The number of ether oxygens (including phenoxy) is 1. The normalized spacial score (nSPS) is 26.0. The minimum absolute atomic E-state index is 0.0731. The monoisotopic (exact) mass is 452 g/mol. The van der Waals surface area contributed by atoms with Crippen LogP contribution in [0.2, 0.25) is 5.02 Å². The molecule has 3 atom stereocenters. The number of hydrogen-bond donors (Lipinski definition) is 1. The number of fused-ring (bicyclic) bond motifs is 3.